The van der Waals surface area contributed by atoms with Gasteiger partial charge in [0.15, 0.2) is 5.11 Å². The molecule has 0 spiro atoms. The summed E-state index contributed by atoms with van der Waals surface area (Å²) in [6, 6.07) is 7.61. The highest BCUT2D eigenvalue weighted by Crippen LogP contribution is 2.18. The lowest BCUT2D eigenvalue weighted by Crippen LogP contribution is -2.53. The zero-order valence-corrected chi connectivity index (χ0v) is 13.1. The van der Waals surface area contributed by atoms with Gasteiger partial charge in [-0.05, 0) is 42.2 Å². The number of benzene rings is 1. The van der Waals surface area contributed by atoms with Crippen molar-refractivity contribution in [1.82, 2.24) is 10.2 Å². The van der Waals surface area contributed by atoms with E-state index in [2.05, 4.69) is 11.9 Å². The summed E-state index contributed by atoms with van der Waals surface area (Å²) in [4.78, 5) is 26.7. The van der Waals surface area contributed by atoms with E-state index in [-0.39, 0.29) is 17.2 Å². The van der Waals surface area contributed by atoms with Crippen molar-refractivity contribution in [2.75, 3.05) is 12.8 Å². The maximum absolute atomic E-state index is 12.3. The molecule has 1 aliphatic rings. The van der Waals surface area contributed by atoms with E-state index in [4.69, 9.17) is 12.2 Å². The van der Waals surface area contributed by atoms with E-state index in [0.717, 1.165) is 10.5 Å². The normalized spacial score (nSPS) is 17.1. The second-order valence-electron chi connectivity index (χ2n) is 4.29. The van der Waals surface area contributed by atoms with Crippen molar-refractivity contribution in [1.29, 1.82) is 0 Å². The van der Waals surface area contributed by atoms with E-state index >= 15 is 0 Å². The van der Waals surface area contributed by atoms with Crippen molar-refractivity contribution in [3.05, 3.63) is 48.1 Å². The minimum atomic E-state index is -0.473. The Kier molecular flexibility index (Phi) is 4.93. The van der Waals surface area contributed by atoms with Crippen LogP contribution in [0.15, 0.2) is 47.4 Å². The van der Waals surface area contributed by atoms with Gasteiger partial charge in [0.05, 0.1) is 0 Å². The summed E-state index contributed by atoms with van der Waals surface area (Å²) in [6.07, 6.45) is 5.12. The number of rotatable bonds is 4. The van der Waals surface area contributed by atoms with Gasteiger partial charge in [-0.25, -0.2) is 0 Å². The topological polar surface area (TPSA) is 49.4 Å². The largest absolute Gasteiger partial charge is 0.298 e. The van der Waals surface area contributed by atoms with Crippen LogP contribution in [-0.4, -0.2) is 34.6 Å². The molecule has 1 N–H and O–H groups in total. The molecule has 4 nitrogen and oxygen atoms in total. The summed E-state index contributed by atoms with van der Waals surface area (Å²) in [5.41, 5.74) is 0.861. The third-order valence-electron chi connectivity index (χ3n) is 2.92. The lowest BCUT2D eigenvalue weighted by Gasteiger charge is -2.27. The number of carbonyl (C=O) groups excluding carboxylic acids is 2. The molecule has 1 aromatic carbocycles. The molecular formula is C15H14N2O2S2. The minimum absolute atomic E-state index is 0.0716. The number of carbonyl (C=O) groups is 2. The molecule has 0 aliphatic carbocycles. The first-order valence-corrected chi connectivity index (χ1v) is 7.84. The van der Waals surface area contributed by atoms with Crippen LogP contribution in [0.25, 0.3) is 6.08 Å². The number of thiocarbonyl (C=S) groups is 1. The molecule has 1 saturated heterocycles. The van der Waals surface area contributed by atoms with Crippen LogP contribution in [0.4, 0.5) is 0 Å². The monoisotopic (exact) mass is 318 g/mol. The van der Waals surface area contributed by atoms with Gasteiger partial charge in [0.2, 0.25) is 0 Å². The van der Waals surface area contributed by atoms with E-state index in [0.29, 0.717) is 0 Å². The van der Waals surface area contributed by atoms with Gasteiger partial charge in [0.25, 0.3) is 11.8 Å². The van der Waals surface area contributed by atoms with Gasteiger partial charge in [0.1, 0.15) is 5.57 Å². The van der Waals surface area contributed by atoms with Crippen LogP contribution in [0.5, 0.6) is 0 Å². The molecule has 0 bridgehead atoms. The summed E-state index contributed by atoms with van der Waals surface area (Å²) in [5.74, 6) is -0.878. The highest BCUT2D eigenvalue weighted by molar-refractivity contribution is 7.98. The van der Waals surface area contributed by atoms with Crippen molar-refractivity contribution in [2.24, 2.45) is 0 Å². The van der Waals surface area contributed by atoms with Gasteiger partial charge in [0, 0.05) is 11.4 Å². The number of nitrogens with one attached hydrogen (secondary N) is 1. The van der Waals surface area contributed by atoms with Crippen LogP contribution in [0.3, 0.4) is 0 Å². The molecule has 1 heterocycles. The standard InChI is InChI=1S/C15H14N2O2S2/c1-3-8-17-14(19)12(13(18)16-15(17)20)9-10-4-6-11(21-2)7-5-10/h3-7,9H,1,8H2,2H3,(H,16,18,20)/b12-9-. The van der Waals surface area contributed by atoms with E-state index < -0.39 is 11.8 Å². The zero-order valence-electron chi connectivity index (χ0n) is 11.5. The highest BCUT2D eigenvalue weighted by atomic mass is 32.2. The molecule has 0 aromatic heterocycles. The van der Waals surface area contributed by atoms with Crippen molar-refractivity contribution in [2.45, 2.75) is 4.90 Å². The van der Waals surface area contributed by atoms with Gasteiger partial charge in [-0.15, -0.1) is 18.3 Å². The van der Waals surface area contributed by atoms with Crippen LogP contribution >= 0.6 is 24.0 Å². The second-order valence-corrected chi connectivity index (χ2v) is 5.56. The average molecular weight is 318 g/mol. The van der Waals surface area contributed by atoms with Gasteiger partial charge in [-0.3, -0.25) is 19.8 Å². The molecule has 2 rings (SSSR count). The predicted molar refractivity (Wildman–Crippen MR) is 88.9 cm³/mol. The molecule has 2 amide bonds. The molecule has 21 heavy (non-hydrogen) atoms. The Balaban J connectivity index is 2.32. The first kappa shape index (κ1) is 15.5. The Morgan fingerprint density at radius 1 is 1.33 bits per heavy atom. The summed E-state index contributed by atoms with van der Waals surface area (Å²) in [5, 5.41) is 2.63. The van der Waals surface area contributed by atoms with E-state index in [9.17, 15) is 9.59 Å². The van der Waals surface area contributed by atoms with Crippen LogP contribution in [0.1, 0.15) is 5.56 Å². The Hall–Kier alpha value is -1.92. The molecule has 0 saturated carbocycles. The summed E-state index contributed by atoms with van der Waals surface area (Å²) in [7, 11) is 0. The summed E-state index contributed by atoms with van der Waals surface area (Å²) < 4.78 is 0. The number of hydrogen-bond donors (Lipinski definition) is 1. The Labute approximate surface area is 132 Å². The summed E-state index contributed by atoms with van der Waals surface area (Å²) >= 11 is 6.62. The predicted octanol–water partition coefficient (Wildman–Crippen LogP) is 2.22. The van der Waals surface area contributed by atoms with Crippen LogP contribution in [0.2, 0.25) is 0 Å². The van der Waals surface area contributed by atoms with Gasteiger partial charge in [-0.2, -0.15) is 0 Å². The molecular weight excluding hydrogens is 304 g/mol. The van der Waals surface area contributed by atoms with Crippen molar-refractivity contribution in [3.63, 3.8) is 0 Å². The van der Waals surface area contributed by atoms with E-state index in [1.54, 1.807) is 23.9 Å². The zero-order chi connectivity index (χ0) is 15.4. The third-order valence-corrected chi connectivity index (χ3v) is 3.99. The maximum atomic E-state index is 12.3. The van der Waals surface area contributed by atoms with Gasteiger partial charge < -0.3 is 0 Å². The lowest BCUT2D eigenvalue weighted by atomic mass is 10.1. The van der Waals surface area contributed by atoms with E-state index in [1.807, 2.05) is 30.5 Å². The number of hydrogen-bond acceptors (Lipinski definition) is 4. The van der Waals surface area contributed by atoms with Gasteiger partial charge >= 0.3 is 0 Å². The van der Waals surface area contributed by atoms with Crippen molar-refractivity contribution in [3.8, 4) is 0 Å². The molecule has 1 aliphatic heterocycles. The fourth-order valence-electron chi connectivity index (χ4n) is 1.86. The first-order chi connectivity index (χ1) is 10.1. The maximum Gasteiger partial charge on any atom is 0.265 e. The SMILES string of the molecule is C=CCN1C(=O)/C(=C\c2ccc(SC)cc2)C(=O)NC1=S. The third kappa shape index (κ3) is 3.40. The fourth-order valence-corrected chi connectivity index (χ4v) is 2.51. The van der Waals surface area contributed by atoms with Gasteiger partial charge in [-0.1, -0.05) is 18.2 Å². The number of nitrogens with zero attached hydrogens (tertiary/aromatic N) is 1. The van der Waals surface area contributed by atoms with Crippen LogP contribution in [-0.2, 0) is 9.59 Å². The molecule has 1 aromatic rings. The van der Waals surface area contributed by atoms with Crippen molar-refractivity contribution < 1.29 is 9.59 Å². The lowest BCUT2D eigenvalue weighted by molar-refractivity contribution is -0.128. The van der Waals surface area contributed by atoms with Crippen LogP contribution < -0.4 is 5.32 Å². The summed E-state index contributed by atoms with van der Waals surface area (Å²) in [6.45, 7) is 3.85. The average Bonchev–Trinajstić information content (AvgIpc) is 2.48. The molecule has 0 radical (unpaired) electrons. The Morgan fingerprint density at radius 2 is 2.00 bits per heavy atom. The number of amides is 2. The van der Waals surface area contributed by atoms with Crippen LogP contribution in [0, 0.1) is 0 Å². The molecule has 1 fully saturated rings. The minimum Gasteiger partial charge on any atom is -0.298 e. The number of thioether (sulfide) groups is 1. The molecule has 6 heteroatoms. The molecule has 0 atom stereocenters. The Morgan fingerprint density at radius 3 is 2.57 bits per heavy atom. The molecule has 0 unspecified atom stereocenters. The second kappa shape index (κ2) is 6.69. The molecule has 108 valence electrons. The fraction of sp³-hybridized carbons (Fsp3) is 0.133. The van der Waals surface area contributed by atoms with Crippen molar-refractivity contribution >= 4 is 47.0 Å². The quantitative estimate of drug-likeness (QED) is 0.304. The highest BCUT2D eigenvalue weighted by Gasteiger charge is 2.32. The Bertz CT molecular complexity index is 636. The van der Waals surface area contributed by atoms with E-state index in [1.165, 1.54) is 4.90 Å². The first-order valence-electron chi connectivity index (χ1n) is 6.20. The smallest absolute Gasteiger partial charge is 0.265 e.